The van der Waals surface area contributed by atoms with Crippen LogP contribution in [-0.2, 0) is 14.8 Å². The van der Waals surface area contributed by atoms with Crippen LogP contribution in [0.3, 0.4) is 0 Å². The lowest BCUT2D eigenvalue weighted by Gasteiger charge is -2.17. The van der Waals surface area contributed by atoms with Crippen molar-refractivity contribution in [2.75, 3.05) is 6.54 Å². The predicted octanol–water partition coefficient (Wildman–Crippen LogP) is 1.72. The second-order valence-electron chi connectivity index (χ2n) is 6.08. The van der Waals surface area contributed by atoms with E-state index in [-0.39, 0.29) is 23.4 Å². The minimum absolute atomic E-state index is 0.0464. The van der Waals surface area contributed by atoms with Crippen LogP contribution in [0.1, 0.15) is 45.1 Å². The van der Waals surface area contributed by atoms with Gasteiger partial charge in [-0.3, -0.25) is 9.48 Å². The number of nitrogens with zero attached hydrogens (tertiary/aromatic N) is 2. The summed E-state index contributed by atoms with van der Waals surface area (Å²) in [6.45, 7) is 10.5. The summed E-state index contributed by atoms with van der Waals surface area (Å²) < 4.78 is 29.1. The van der Waals surface area contributed by atoms with Crippen LogP contribution in [0.5, 0.6) is 0 Å². The van der Waals surface area contributed by atoms with Crippen molar-refractivity contribution in [1.29, 1.82) is 0 Å². The van der Waals surface area contributed by atoms with Gasteiger partial charge < -0.3 is 5.11 Å². The molecule has 0 saturated carbocycles. The first kappa shape index (κ1) is 18.6. The molecule has 7 nitrogen and oxygen atoms in total. The molecule has 0 bridgehead atoms. The maximum Gasteiger partial charge on any atom is 0.308 e. The van der Waals surface area contributed by atoms with E-state index >= 15 is 0 Å². The minimum Gasteiger partial charge on any atom is -0.481 e. The molecule has 1 aromatic heterocycles. The van der Waals surface area contributed by atoms with E-state index in [9.17, 15) is 13.2 Å². The van der Waals surface area contributed by atoms with E-state index < -0.39 is 21.9 Å². The average Bonchev–Trinajstić information content (AvgIpc) is 2.64. The maximum absolute atomic E-state index is 12.5. The van der Waals surface area contributed by atoms with Crippen LogP contribution >= 0.6 is 0 Å². The number of sulfonamides is 1. The molecule has 1 heterocycles. The van der Waals surface area contributed by atoms with Crippen molar-refractivity contribution in [2.24, 2.45) is 11.8 Å². The molecule has 22 heavy (non-hydrogen) atoms. The van der Waals surface area contributed by atoms with Gasteiger partial charge in [-0.05, 0) is 33.6 Å². The lowest BCUT2D eigenvalue weighted by molar-refractivity contribution is -0.142. The van der Waals surface area contributed by atoms with Gasteiger partial charge in [-0.2, -0.15) is 5.10 Å². The predicted molar refractivity (Wildman–Crippen MR) is 83.2 cm³/mol. The topological polar surface area (TPSA) is 101 Å². The molecule has 0 aliphatic rings. The highest BCUT2D eigenvalue weighted by molar-refractivity contribution is 7.89. The Morgan fingerprint density at radius 3 is 2.18 bits per heavy atom. The van der Waals surface area contributed by atoms with Crippen LogP contribution in [0.25, 0.3) is 0 Å². The summed E-state index contributed by atoms with van der Waals surface area (Å²) in [6, 6.07) is 0.0464. The Labute approximate surface area is 131 Å². The van der Waals surface area contributed by atoms with Gasteiger partial charge in [0.2, 0.25) is 10.0 Å². The van der Waals surface area contributed by atoms with Gasteiger partial charge in [0.15, 0.2) is 0 Å². The molecule has 0 spiro atoms. The van der Waals surface area contributed by atoms with Crippen molar-refractivity contribution in [3.8, 4) is 0 Å². The van der Waals surface area contributed by atoms with Crippen LogP contribution in [-0.4, -0.2) is 35.8 Å². The molecule has 1 rings (SSSR count). The first-order chi connectivity index (χ1) is 9.99. The van der Waals surface area contributed by atoms with E-state index in [1.165, 1.54) is 0 Å². The van der Waals surface area contributed by atoms with Crippen molar-refractivity contribution < 1.29 is 18.3 Å². The van der Waals surface area contributed by atoms with Crippen molar-refractivity contribution in [3.63, 3.8) is 0 Å². The fourth-order valence-corrected chi connectivity index (χ4v) is 3.87. The molecule has 8 heteroatoms. The Morgan fingerprint density at radius 2 is 1.82 bits per heavy atom. The van der Waals surface area contributed by atoms with E-state index in [1.807, 2.05) is 13.8 Å². The molecule has 0 aromatic carbocycles. The van der Waals surface area contributed by atoms with E-state index in [1.54, 1.807) is 32.4 Å². The second-order valence-corrected chi connectivity index (χ2v) is 7.78. The second kappa shape index (κ2) is 6.78. The van der Waals surface area contributed by atoms with Gasteiger partial charge in [-0.25, -0.2) is 13.1 Å². The highest BCUT2D eigenvalue weighted by Crippen LogP contribution is 2.22. The molecule has 0 saturated heterocycles. The van der Waals surface area contributed by atoms with E-state index in [0.29, 0.717) is 11.4 Å². The smallest absolute Gasteiger partial charge is 0.308 e. The van der Waals surface area contributed by atoms with E-state index in [2.05, 4.69) is 9.82 Å². The highest BCUT2D eigenvalue weighted by Gasteiger charge is 2.28. The molecule has 0 aliphatic heterocycles. The van der Waals surface area contributed by atoms with Gasteiger partial charge in [-0.15, -0.1) is 0 Å². The normalized spacial score (nSPS) is 13.8. The van der Waals surface area contributed by atoms with Crippen molar-refractivity contribution >= 4 is 16.0 Å². The number of hydrogen-bond acceptors (Lipinski definition) is 4. The molecular formula is C14H25N3O4S. The Hall–Kier alpha value is -1.41. The van der Waals surface area contributed by atoms with Gasteiger partial charge in [0.25, 0.3) is 0 Å². The number of aliphatic carboxylic acids is 1. The van der Waals surface area contributed by atoms with Crippen molar-refractivity contribution in [2.45, 2.75) is 52.5 Å². The molecule has 0 radical (unpaired) electrons. The number of rotatable bonds is 7. The molecule has 0 fully saturated rings. The molecule has 0 aliphatic carbocycles. The standard InChI is InChI=1S/C14H25N3O4S/c1-8(2)12(14(18)19)7-15-22(20,21)13-10(5)16-17(9(3)4)11(13)6/h8-9,12,15H,7H2,1-6H3,(H,18,19). The zero-order valence-corrected chi connectivity index (χ0v) is 14.7. The summed E-state index contributed by atoms with van der Waals surface area (Å²) in [5.41, 5.74) is 0.964. The first-order valence-corrected chi connectivity index (χ1v) is 8.75. The SMILES string of the molecule is Cc1nn(C(C)C)c(C)c1S(=O)(=O)NCC(C(=O)O)C(C)C. The van der Waals surface area contributed by atoms with E-state index in [0.717, 1.165) is 0 Å². The quantitative estimate of drug-likeness (QED) is 0.792. The summed E-state index contributed by atoms with van der Waals surface area (Å²) in [5, 5.41) is 13.4. The third-order valence-electron chi connectivity index (χ3n) is 3.63. The number of carbonyl (C=O) groups is 1. The number of hydrogen-bond donors (Lipinski definition) is 2. The van der Waals surface area contributed by atoms with Gasteiger partial charge in [0, 0.05) is 12.6 Å². The van der Waals surface area contributed by atoms with Gasteiger partial charge in [0.1, 0.15) is 4.90 Å². The molecule has 0 amide bonds. The Morgan fingerprint density at radius 1 is 1.27 bits per heavy atom. The number of aromatic nitrogens is 2. The largest absolute Gasteiger partial charge is 0.481 e. The zero-order valence-electron chi connectivity index (χ0n) is 13.9. The monoisotopic (exact) mass is 331 g/mol. The third-order valence-corrected chi connectivity index (χ3v) is 5.31. The summed E-state index contributed by atoms with van der Waals surface area (Å²) in [6.07, 6.45) is 0. The third kappa shape index (κ3) is 3.86. The summed E-state index contributed by atoms with van der Waals surface area (Å²) >= 11 is 0. The Kier molecular flexibility index (Phi) is 5.75. The van der Waals surface area contributed by atoms with Gasteiger partial charge >= 0.3 is 5.97 Å². The van der Waals surface area contributed by atoms with E-state index in [4.69, 9.17) is 5.11 Å². The molecule has 1 atom stereocenters. The van der Waals surface area contributed by atoms with Crippen LogP contribution < -0.4 is 4.72 Å². The number of carboxylic acid groups (broad SMARTS) is 1. The van der Waals surface area contributed by atoms with Crippen LogP contribution in [0.15, 0.2) is 4.90 Å². The molecule has 1 unspecified atom stereocenters. The number of nitrogens with one attached hydrogen (secondary N) is 1. The average molecular weight is 331 g/mol. The number of carboxylic acids is 1. The summed E-state index contributed by atoms with van der Waals surface area (Å²) in [4.78, 5) is 11.3. The summed E-state index contributed by atoms with van der Waals surface area (Å²) in [7, 11) is -3.79. The number of aryl methyl sites for hydroxylation is 1. The van der Waals surface area contributed by atoms with Crippen molar-refractivity contribution in [1.82, 2.24) is 14.5 Å². The lowest BCUT2D eigenvalue weighted by atomic mass is 9.97. The minimum atomic E-state index is -3.79. The van der Waals surface area contributed by atoms with Crippen LogP contribution in [0.4, 0.5) is 0 Å². The lowest BCUT2D eigenvalue weighted by Crippen LogP contribution is -2.35. The Bertz CT molecular complexity index is 647. The van der Waals surface area contributed by atoms with Gasteiger partial charge in [-0.1, -0.05) is 13.8 Å². The fraction of sp³-hybridized carbons (Fsp3) is 0.714. The molecule has 2 N–H and O–H groups in total. The van der Waals surface area contributed by atoms with Gasteiger partial charge in [0.05, 0.1) is 17.3 Å². The first-order valence-electron chi connectivity index (χ1n) is 7.27. The maximum atomic E-state index is 12.5. The fourth-order valence-electron chi connectivity index (χ4n) is 2.42. The highest BCUT2D eigenvalue weighted by atomic mass is 32.2. The molecule has 126 valence electrons. The molecule has 1 aromatic rings. The van der Waals surface area contributed by atoms with Crippen LogP contribution in [0, 0.1) is 25.7 Å². The molecular weight excluding hydrogens is 306 g/mol. The Balaban J connectivity index is 3.08. The van der Waals surface area contributed by atoms with Crippen LogP contribution in [0.2, 0.25) is 0 Å². The zero-order chi connectivity index (χ0) is 17.2. The summed E-state index contributed by atoms with van der Waals surface area (Å²) in [5.74, 6) is -1.94. The van der Waals surface area contributed by atoms with Crippen molar-refractivity contribution in [3.05, 3.63) is 11.4 Å².